The Kier molecular flexibility index (Phi) is 6.00. The zero-order valence-electron chi connectivity index (χ0n) is 15.6. The molecule has 0 aliphatic carbocycles. The van der Waals surface area contributed by atoms with Crippen LogP contribution in [0.3, 0.4) is 0 Å². The zero-order chi connectivity index (χ0) is 21.2. The van der Waals surface area contributed by atoms with E-state index >= 15 is 0 Å². The molecule has 0 radical (unpaired) electrons. The van der Waals surface area contributed by atoms with Crippen LogP contribution in [-0.2, 0) is 10.0 Å². The third-order valence-electron chi connectivity index (χ3n) is 4.65. The van der Waals surface area contributed by atoms with Gasteiger partial charge in [-0.1, -0.05) is 37.3 Å². The Morgan fingerprint density at radius 1 is 1.14 bits per heavy atom. The smallest absolute Gasteiger partial charge is 0.384 e. The van der Waals surface area contributed by atoms with E-state index in [-0.39, 0.29) is 10.5 Å². The first-order valence-electron chi connectivity index (χ1n) is 9.03. The molecule has 9 heteroatoms. The van der Waals surface area contributed by atoms with E-state index in [0.717, 1.165) is 36.2 Å². The lowest BCUT2D eigenvalue weighted by Crippen LogP contribution is -2.42. The SMILES string of the molecule is CCN([C@H](c1ccc(F)cc1)C(F)(F)F)S(=O)(=O)c1ccc2c(c1)NCCC=C2. The molecule has 1 aliphatic heterocycles. The van der Waals surface area contributed by atoms with E-state index in [1.165, 1.54) is 19.1 Å². The first-order valence-corrected chi connectivity index (χ1v) is 10.5. The maximum Gasteiger partial charge on any atom is 0.409 e. The summed E-state index contributed by atoms with van der Waals surface area (Å²) in [7, 11) is -4.48. The fourth-order valence-electron chi connectivity index (χ4n) is 3.29. The Bertz CT molecular complexity index is 1000. The molecule has 0 spiro atoms. The van der Waals surface area contributed by atoms with Crippen LogP contribution in [0.1, 0.15) is 30.5 Å². The van der Waals surface area contributed by atoms with Crippen LogP contribution in [0.25, 0.3) is 6.08 Å². The predicted octanol–water partition coefficient (Wildman–Crippen LogP) is 4.97. The van der Waals surface area contributed by atoms with Gasteiger partial charge in [-0.2, -0.15) is 17.5 Å². The Morgan fingerprint density at radius 3 is 2.45 bits per heavy atom. The molecular formula is C20H20F4N2O2S. The number of hydrogen-bond acceptors (Lipinski definition) is 3. The van der Waals surface area contributed by atoms with Gasteiger partial charge in [0.2, 0.25) is 10.0 Å². The van der Waals surface area contributed by atoms with Gasteiger partial charge in [-0.3, -0.25) is 0 Å². The van der Waals surface area contributed by atoms with Gasteiger partial charge >= 0.3 is 6.18 Å². The minimum atomic E-state index is -4.88. The highest BCUT2D eigenvalue weighted by molar-refractivity contribution is 7.89. The molecule has 0 saturated carbocycles. The lowest BCUT2D eigenvalue weighted by Gasteiger charge is -2.32. The van der Waals surface area contributed by atoms with E-state index in [9.17, 15) is 26.0 Å². The summed E-state index contributed by atoms with van der Waals surface area (Å²) in [6, 6.07) is 5.45. The summed E-state index contributed by atoms with van der Waals surface area (Å²) >= 11 is 0. The molecule has 3 rings (SSSR count). The van der Waals surface area contributed by atoms with Gasteiger partial charge in [-0.05, 0) is 41.8 Å². The molecule has 29 heavy (non-hydrogen) atoms. The number of sulfonamides is 1. The van der Waals surface area contributed by atoms with Crippen LogP contribution >= 0.6 is 0 Å². The van der Waals surface area contributed by atoms with Crippen LogP contribution in [0.2, 0.25) is 0 Å². The Morgan fingerprint density at radius 2 is 1.83 bits per heavy atom. The quantitative estimate of drug-likeness (QED) is 0.685. The minimum Gasteiger partial charge on any atom is -0.384 e. The number of nitrogens with zero attached hydrogens (tertiary/aromatic N) is 1. The van der Waals surface area contributed by atoms with Crippen molar-refractivity contribution in [3.05, 3.63) is 65.5 Å². The summed E-state index contributed by atoms with van der Waals surface area (Å²) in [6.07, 6.45) is -0.369. The molecule has 0 amide bonds. The normalized spacial score (nSPS) is 15.5. The third kappa shape index (κ3) is 4.45. The average Bonchev–Trinajstić information content (AvgIpc) is 2.90. The molecule has 2 aromatic carbocycles. The van der Waals surface area contributed by atoms with Crippen molar-refractivity contribution >= 4 is 21.8 Å². The van der Waals surface area contributed by atoms with Gasteiger partial charge in [-0.15, -0.1) is 0 Å². The van der Waals surface area contributed by atoms with Gasteiger partial charge in [0.05, 0.1) is 4.90 Å². The summed E-state index contributed by atoms with van der Waals surface area (Å²) < 4.78 is 81.6. The number of rotatable bonds is 5. The number of fused-ring (bicyclic) bond motifs is 1. The number of benzene rings is 2. The van der Waals surface area contributed by atoms with Gasteiger partial charge in [0.15, 0.2) is 0 Å². The highest BCUT2D eigenvalue weighted by atomic mass is 32.2. The molecule has 1 N–H and O–H groups in total. The first-order chi connectivity index (χ1) is 13.6. The second-order valence-corrected chi connectivity index (χ2v) is 8.46. The van der Waals surface area contributed by atoms with E-state index in [0.29, 0.717) is 16.5 Å². The van der Waals surface area contributed by atoms with Gasteiger partial charge in [-0.25, -0.2) is 12.8 Å². The van der Waals surface area contributed by atoms with Gasteiger partial charge in [0.1, 0.15) is 11.9 Å². The summed E-state index contributed by atoms with van der Waals surface area (Å²) in [5.74, 6) is -0.703. The molecule has 156 valence electrons. The molecule has 1 atom stereocenters. The maximum absolute atomic E-state index is 13.9. The number of anilines is 1. The van der Waals surface area contributed by atoms with E-state index in [1.807, 2.05) is 12.2 Å². The third-order valence-corrected chi connectivity index (χ3v) is 6.59. The standard InChI is InChI=1S/C20H20F4N2O2S/c1-2-26(19(20(22,23)24)15-6-9-16(21)10-7-15)29(27,28)17-11-8-14-5-3-4-12-25-18(14)13-17/h3,5-11,13,19,25H,2,4,12H2,1H3/t19-/m1/s1. The molecule has 0 unspecified atom stereocenters. The van der Waals surface area contributed by atoms with Crippen LogP contribution in [0.15, 0.2) is 53.4 Å². The molecule has 1 aliphatic rings. The van der Waals surface area contributed by atoms with Crippen molar-refractivity contribution in [2.45, 2.75) is 30.5 Å². The van der Waals surface area contributed by atoms with Gasteiger partial charge in [0, 0.05) is 18.8 Å². The molecule has 2 aromatic rings. The summed E-state index contributed by atoms with van der Waals surface area (Å²) in [5, 5.41) is 3.08. The highest BCUT2D eigenvalue weighted by Gasteiger charge is 2.48. The Hall–Kier alpha value is -2.39. The summed E-state index contributed by atoms with van der Waals surface area (Å²) in [5.41, 5.74) is 0.955. The Balaban J connectivity index is 2.07. The van der Waals surface area contributed by atoms with Crippen LogP contribution in [0.5, 0.6) is 0 Å². The van der Waals surface area contributed by atoms with E-state index in [1.54, 1.807) is 6.07 Å². The van der Waals surface area contributed by atoms with E-state index < -0.39 is 34.6 Å². The molecule has 0 fully saturated rings. The summed E-state index contributed by atoms with van der Waals surface area (Å²) in [6.45, 7) is 1.52. The molecule has 1 heterocycles. The second-order valence-electron chi connectivity index (χ2n) is 6.57. The molecule has 0 bridgehead atoms. The lowest BCUT2D eigenvalue weighted by molar-refractivity contribution is -0.173. The van der Waals surface area contributed by atoms with Crippen LogP contribution in [0, 0.1) is 5.82 Å². The first kappa shape index (κ1) is 21.3. The van der Waals surface area contributed by atoms with Crippen LogP contribution in [0.4, 0.5) is 23.2 Å². The fraction of sp³-hybridized carbons (Fsp3) is 0.300. The number of alkyl halides is 3. The van der Waals surface area contributed by atoms with Crippen molar-refractivity contribution in [3.8, 4) is 0 Å². The number of nitrogens with one attached hydrogen (secondary N) is 1. The van der Waals surface area contributed by atoms with Crippen molar-refractivity contribution in [2.24, 2.45) is 0 Å². The topological polar surface area (TPSA) is 49.4 Å². The second kappa shape index (κ2) is 8.16. The molecule has 4 nitrogen and oxygen atoms in total. The number of hydrogen-bond donors (Lipinski definition) is 1. The lowest BCUT2D eigenvalue weighted by atomic mass is 10.1. The van der Waals surface area contributed by atoms with Crippen molar-refractivity contribution in [2.75, 3.05) is 18.4 Å². The maximum atomic E-state index is 13.9. The van der Waals surface area contributed by atoms with Crippen molar-refractivity contribution in [1.82, 2.24) is 4.31 Å². The largest absolute Gasteiger partial charge is 0.409 e. The van der Waals surface area contributed by atoms with Crippen LogP contribution in [-0.4, -0.2) is 32.0 Å². The van der Waals surface area contributed by atoms with Gasteiger partial charge in [0.25, 0.3) is 0 Å². The van der Waals surface area contributed by atoms with Crippen molar-refractivity contribution in [1.29, 1.82) is 0 Å². The van der Waals surface area contributed by atoms with Crippen LogP contribution < -0.4 is 5.32 Å². The highest BCUT2D eigenvalue weighted by Crippen LogP contribution is 2.41. The predicted molar refractivity (Wildman–Crippen MR) is 103 cm³/mol. The molecular weight excluding hydrogens is 408 g/mol. The van der Waals surface area contributed by atoms with Gasteiger partial charge < -0.3 is 5.32 Å². The Labute approximate surface area is 166 Å². The molecule has 0 saturated heterocycles. The summed E-state index contributed by atoms with van der Waals surface area (Å²) in [4.78, 5) is -0.239. The van der Waals surface area contributed by atoms with Crippen molar-refractivity contribution in [3.63, 3.8) is 0 Å². The monoisotopic (exact) mass is 428 g/mol. The van der Waals surface area contributed by atoms with Crippen molar-refractivity contribution < 1.29 is 26.0 Å². The number of halogens is 4. The van der Waals surface area contributed by atoms with E-state index in [2.05, 4.69) is 5.32 Å². The average molecular weight is 428 g/mol. The fourth-order valence-corrected chi connectivity index (χ4v) is 4.92. The minimum absolute atomic E-state index is 0.239. The zero-order valence-corrected chi connectivity index (χ0v) is 16.4. The molecule has 0 aromatic heterocycles. The van der Waals surface area contributed by atoms with E-state index in [4.69, 9.17) is 0 Å².